The van der Waals surface area contributed by atoms with Crippen LogP contribution in [0.4, 0.5) is 23.2 Å². The number of hydrogen-bond acceptors (Lipinski definition) is 5. The number of nitrogens with one attached hydrogen (secondary N) is 1. The normalized spacial score (nSPS) is 13.0. The standard InChI is InChI=1S/C26H21ClF4N2O3/c1-15(2)24(33-21-11-9-17(13-19(21)27)26(29,30)31)25(34)36-23(14-32)16-8-10-20(28)22(12-16)35-18-6-4-3-5-7-18/h3-13,15,23-24,33H,1-2H3. The van der Waals surface area contributed by atoms with Crippen LogP contribution in [0, 0.1) is 23.1 Å². The summed E-state index contributed by atoms with van der Waals surface area (Å²) in [5.41, 5.74) is -0.668. The number of nitrogens with zero attached hydrogens (tertiary/aromatic N) is 1. The van der Waals surface area contributed by atoms with Crippen molar-refractivity contribution in [2.75, 3.05) is 5.32 Å². The first-order valence-corrected chi connectivity index (χ1v) is 11.1. The van der Waals surface area contributed by atoms with E-state index in [-0.39, 0.29) is 27.9 Å². The van der Waals surface area contributed by atoms with Gasteiger partial charge in [0.1, 0.15) is 17.9 Å². The van der Waals surface area contributed by atoms with E-state index in [9.17, 15) is 27.6 Å². The molecule has 0 spiro atoms. The van der Waals surface area contributed by atoms with Crippen molar-refractivity contribution in [1.29, 1.82) is 5.26 Å². The van der Waals surface area contributed by atoms with Crippen LogP contribution >= 0.6 is 11.6 Å². The molecule has 5 nitrogen and oxygen atoms in total. The Labute approximate surface area is 210 Å². The lowest BCUT2D eigenvalue weighted by Crippen LogP contribution is -2.36. The van der Waals surface area contributed by atoms with Crippen LogP contribution in [0.3, 0.4) is 0 Å². The van der Waals surface area contributed by atoms with Crippen LogP contribution in [0.2, 0.25) is 5.02 Å². The Hall–Kier alpha value is -3.77. The Kier molecular flexibility index (Phi) is 8.43. The highest BCUT2D eigenvalue weighted by Gasteiger charge is 2.32. The van der Waals surface area contributed by atoms with Crippen molar-refractivity contribution in [3.63, 3.8) is 0 Å². The van der Waals surface area contributed by atoms with Crippen LogP contribution in [-0.2, 0) is 15.7 Å². The van der Waals surface area contributed by atoms with Crippen molar-refractivity contribution < 1.29 is 31.8 Å². The molecule has 0 aliphatic carbocycles. The van der Waals surface area contributed by atoms with Crippen molar-refractivity contribution in [2.24, 2.45) is 5.92 Å². The number of para-hydroxylation sites is 1. The minimum Gasteiger partial charge on any atom is -0.454 e. The molecular weight excluding hydrogens is 500 g/mol. The van der Waals surface area contributed by atoms with E-state index in [0.29, 0.717) is 5.75 Å². The summed E-state index contributed by atoms with van der Waals surface area (Å²) >= 11 is 6.00. The molecule has 0 fully saturated rings. The second-order valence-electron chi connectivity index (χ2n) is 8.11. The first kappa shape index (κ1) is 26.8. The van der Waals surface area contributed by atoms with Crippen LogP contribution in [0.25, 0.3) is 0 Å². The average molecular weight is 521 g/mol. The van der Waals surface area contributed by atoms with Crippen LogP contribution in [-0.4, -0.2) is 12.0 Å². The van der Waals surface area contributed by atoms with E-state index in [1.165, 1.54) is 12.1 Å². The van der Waals surface area contributed by atoms with E-state index < -0.39 is 35.7 Å². The zero-order chi connectivity index (χ0) is 26.5. The third-order valence-corrected chi connectivity index (χ3v) is 5.42. The maximum Gasteiger partial charge on any atom is 0.416 e. The number of benzene rings is 3. The Bertz CT molecular complexity index is 1260. The summed E-state index contributed by atoms with van der Waals surface area (Å²) in [6, 6.07) is 15.6. The highest BCUT2D eigenvalue weighted by Crippen LogP contribution is 2.35. The molecule has 0 radical (unpaired) electrons. The Morgan fingerprint density at radius 1 is 1.06 bits per heavy atom. The molecule has 3 aromatic carbocycles. The fraction of sp³-hybridized carbons (Fsp3) is 0.231. The lowest BCUT2D eigenvalue weighted by atomic mass is 10.0. The SMILES string of the molecule is CC(C)C(Nc1ccc(C(F)(F)F)cc1Cl)C(=O)OC(C#N)c1ccc(F)c(Oc2ccccc2)c1. The van der Waals surface area contributed by atoms with Crippen LogP contribution < -0.4 is 10.1 Å². The summed E-state index contributed by atoms with van der Waals surface area (Å²) < 4.78 is 64.0. The van der Waals surface area contributed by atoms with E-state index in [1.54, 1.807) is 44.2 Å². The average Bonchev–Trinajstić information content (AvgIpc) is 2.83. The molecule has 188 valence electrons. The van der Waals surface area contributed by atoms with E-state index in [2.05, 4.69) is 5.32 Å². The third kappa shape index (κ3) is 6.67. The number of nitriles is 1. The minimum atomic E-state index is -4.57. The van der Waals surface area contributed by atoms with Crippen molar-refractivity contribution in [3.8, 4) is 17.6 Å². The van der Waals surface area contributed by atoms with Crippen molar-refractivity contribution in [1.82, 2.24) is 0 Å². The number of hydrogen-bond donors (Lipinski definition) is 1. The lowest BCUT2D eigenvalue weighted by Gasteiger charge is -2.24. The maximum absolute atomic E-state index is 14.3. The Balaban J connectivity index is 1.79. The van der Waals surface area contributed by atoms with Gasteiger partial charge in [-0.05, 0) is 48.4 Å². The quantitative estimate of drug-likeness (QED) is 0.245. The minimum absolute atomic E-state index is 0.0918. The van der Waals surface area contributed by atoms with E-state index >= 15 is 0 Å². The summed E-state index contributed by atoms with van der Waals surface area (Å²) in [7, 11) is 0. The first-order valence-electron chi connectivity index (χ1n) is 10.8. The number of carbonyl (C=O) groups is 1. The zero-order valence-corrected chi connectivity index (χ0v) is 19.9. The molecule has 0 heterocycles. The van der Waals surface area contributed by atoms with Gasteiger partial charge in [0.2, 0.25) is 6.10 Å². The molecule has 3 rings (SSSR count). The Morgan fingerprint density at radius 2 is 1.75 bits per heavy atom. The molecule has 0 aromatic heterocycles. The topological polar surface area (TPSA) is 71.3 Å². The van der Waals surface area contributed by atoms with Gasteiger partial charge in [-0.15, -0.1) is 0 Å². The summed E-state index contributed by atoms with van der Waals surface area (Å²) in [5, 5.41) is 12.2. The molecule has 1 N–H and O–H groups in total. The number of anilines is 1. The van der Waals surface area contributed by atoms with Gasteiger partial charge in [-0.3, -0.25) is 0 Å². The van der Waals surface area contributed by atoms with Gasteiger partial charge < -0.3 is 14.8 Å². The molecule has 0 saturated carbocycles. The van der Waals surface area contributed by atoms with Crippen molar-refractivity contribution in [3.05, 3.63) is 88.7 Å². The number of alkyl halides is 3. The summed E-state index contributed by atoms with van der Waals surface area (Å²) in [6.45, 7) is 3.37. The largest absolute Gasteiger partial charge is 0.454 e. The van der Waals surface area contributed by atoms with Crippen molar-refractivity contribution >= 4 is 23.3 Å². The molecular formula is C26H21ClF4N2O3. The molecule has 10 heteroatoms. The highest BCUT2D eigenvalue weighted by atomic mass is 35.5. The molecule has 0 aliphatic heterocycles. The summed E-state index contributed by atoms with van der Waals surface area (Å²) in [6.07, 6.45) is -5.97. The van der Waals surface area contributed by atoms with E-state index in [0.717, 1.165) is 24.3 Å². The number of esters is 1. The fourth-order valence-corrected chi connectivity index (χ4v) is 3.44. The number of carbonyl (C=O) groups excluding carboxylic acids is 1. The predicted molar refractivity (Wildman–Crippen MR) is 126 cm³/mol. The molecule has 2 atom stereocenters. The molecule has 36 heavy (non-hydrogen) atoms. The maximum atomic E-state index is 14.3. The van der Waals surface area contributed by atoms with E-state index in [4.69, 9.17) is 21.1 Å². The van der Waals surface area contributed by atoms with Gasteiger partial charge in [0.15, 0.2) is 11.6 Å². The van der Waals surface area contributed by atoms with Gasteiger partial charge >= 0.3 is 12.1 Å². The van der Waals surface area contributed by atoms with Gasteiger partial charge in [-0.1, -0.05) is 49.7 Å². The molecule has 0 amide bonds. The van der Waals surface area contributed by atoms with Crippen molar-refractivity contribution in [2.45, 2.75) is 32.2 Å². The molecule has 0 aliphatic rings. The number of halogens is 5. The highest BCUT2D eigenvalue weighted by molar-refractivity contribution is 6.33. The van der Waals surface area contributed by atoms with Crippen LogP contribution in [0.1, 0.15) is 31.1 Å². The zero-order valence-electron chi connectivity index (χ0n) is 19.1. The van der Waals surface area contributed by atoms with Gasteiger partial charge in [0, 0.05) is 5.56 Å². The summed E-state index contributed by atoms with van der Waals surface area (Å²) in [5.74, 6) is -1.70. The smallest absolute Gasteiger partial charge is 0.416 e. The first-order chi connectivity index (χ1) is 17.0. The molecule has 3 aromatic rings. The number of ether oxygens (including phenoxy) is 2. The third-order valence-electron chi connectivity index (χ3n) is 5.11. The monoisotopic (exact) mass is 520 g/mol. The molecule has 0 bridgehead atoms. The molecule has 2 unspecified atom stereocenters. The van der Waals surface area contributed by atoms with Crippen LogP contribution in [0.5, 0.6) is 11.5 Å². The fourth-order valence-electron chi connectivity index (χ4n) is 3.21. The van der Waals surface area contributed by atoms with Crippen LogP contribution in [0.15, 0.2) is 66.7 Å². The van der Waals surface area contributed by atoms with Gasteiger partial charge in [0.05, 0.1) is 16.3 Å². The Morgan fingerprint density at radius 3 is 2.33 bits per heavy atom. The second kappa shape index (κ2) is 11.3. The summed E-state index contributed by atoms with van der Waals surface area (Å²) in [4.78, 5) is 12.9. The second-order valence-corrected chi connectivity index (χ2v) is 8.52. The van der Waals surface area contributed by atoms with Gasteiger partial charge in [-0.25, -0.2) is 9.18 Å². The van der Waals surface area contributed by atoms with Gasteiger partial charge in [0.25, 0.3) is 0 Å². The lowest BCUT2D eigenvalue weighted by molar-refractivity contribution is -0.149. The van der Waals surface area contributed by atoms with E-state index in [1.807, 2.05) is 6.07 Å². The molecule has 0 saturated heterocycles. The predicted octanol–water partition coefficient (Wildman–Crippen LogP) is 7.53. The van der Waals surface area contributed by atoms with Gasteiger partial charge in [-0.2, -0.15) is 18.4 Å². The number of rotatable bonds is 8.